The Balaban J connectivity index is 2.06. The van der Waals surface area contributed by atoms with Gasteiger partial charge in [0.05, 0.1) is 23.3 Å². The minimum atomic E-state index is 0.446. The van der Waals surface area contributed by atoms with Gasteiger partial charge in [0.2, 0.25) is 0 Å². The topological polar surface area (TPSA) is 64.2 Å². The summed E-state index contributed by atoms with van der Waals surface area (Å²) in [6.45, 7) is 1.90. The van der Waals surface area contributed by atoms with Crippen LogP contribution in [0.15, 0.2) is 35.5 Å². The number of anilines is 1. The zero-order valence-corrected chi connectivity index (χ0v) is 9.51. The predicted octanol–water partition coefficient (Wildman–Crippen LogP) is 2.04. The molecule has 84 valence electrons. The van der Waals surface area contributed by atoms with Gasteiger partial charge in [-0.25, -0.2) is 9.97 Å². The second-order valence-electron chi connectivity index (χ2n) is 4.11. The first-order valence-corrected chi connectivity index (χ1v) is 5.49. The van der Waals surface area contributed by atoms with E-state index in [1.165, 1.54) is 5.56 Å². The first-order chi connectivity index (χ1) is 8.24. The summed E-state index contributed by atoms with van der Waals surface area (Å²) >= 11 is 0. The van der Waals surface area contributed by atoms with Crippen LogP contribution >= 0.6 is 0 Å². The lowest BCUT2D eigenvalue weighted by Crippen LogP contribution is -2.10. The van der Waals surface area contributed by atoms with E-state index in [1.54, 1.807) is 6.20 Å². The molecule has 0 spiro atoms. The standard InChI is InChI=1S/C13H12N4/c1-8-7-15-13(14)12(16-8)11-6-9-4-2-3-5-10(9)17-11/h2-5,7H,6H2,1H3,(H2,14,15). The molecule has 2 aromatic rings. The monoisotopic (exact) mass is 224 g/mol. The number of hydrogen-bond acceptors (Lipinski definition) is 4. The fraction of sp³-hybridized carbons (Fsp3) is 0.154. The summed E-state index contributed by atoms with van der Waals surface area (Å²) in [6.07, 6.45) is 2.44. The summed E-state index contributed by atoms with van der Waals surface area (Å²) in [4.78, 5) is 13.1. The van der Waals surface area contributed by atoms with Gasteiger partial charge in [0.15, 0.2) is 5.82 Å². The predicted molar refractivity (Wildman–Crippen MR) is 67.5 cm³/mol. The van der Waals surface area contributed by atoms with E-state index in [0.29, 0.717) is 11.5 Å². The van der Waals surface area contributed by atoms with Crippen LogP contribution in [0.4, 0.5) is 11.5 Å². The number of benzene rings is 1. The fourth-order valence-corrected chi connectivity index (χ4v) is 1.97. The molecule has 0 saturated carbocycles. The smallest absolute Gasteiger partial charge is 0.151 e. The molecule has 0 radical (unpaired) electrons. The van der Waals surface area contributed by atoms with Crippen molar-refractivity contribution in [3.8, 4) is 0 Å². The van der Waals surface area contributed by atoms with Crippen LogP contribution in [0, 0.1) is 6.92 Å². The molecule has 0 atom stereocenters. The number of para-hydroxylation sites is 1. The molecule has 1 aliphatic heterocycles. The largest absolute Gasteiger partial charge is 0.382 e. The first-order valence-electron chi connectivity index (χ1n) is 5.49. The number of aryl methyl sites for hydroxylation is 1. The first kappa shape index (κ1) is 9.96. The van der Waals surface area contributed by atoms with Crippen molar-refractivity contribution in [2.75, 3.05) is 5.73 Å². The van der Waals surface area contributed by atoms with Gasteiger partial charge < -0.3 is 5.73 Å². The summed E-state index contributed by atoms with van der Waals surface area (Å²) in [6, 6.07) is 8.08. The lowest BCUT2D eigenvalue weighted by atomic mass is 10.1. The highest BCUT2D eigenvalue weighted by atomic mass is 14.9. The van der Waals surface area contributed by atoms with E-state index in [0.717, 1.165) is 23.5 Å². The molecule has 0 saturated heterocycles. The Kier molecular flexibility index (Phi) is 2.14. The van der Waals surface area contributed by atoms with E-state index >= 15 is 0 Å². The molecule has 2 N–H and O–H groups in total. The molecule has 3 rings (SSSR count). The summed E-state index contributed by atoms with van der Waals surface area (Å²) < 4.78 is 0. The number of fused-ring (bicyclic) bond motifs is 1. The fourth-order valence-electron chi connectivity index (χ4n) is 1.97. The highest BCUT2D eigenvalue weighted by Gasteiger charge is 2.19. The molecule has 1 aromatic carbocycles. The number of rotatable bonds is 1. The van der Waals surface area contributed by atoms with Crippen LogP contribution in [0.1, 0.15) is 17.0 Å². The van der Waals surface area contributed by atoms with E-state index in [2.05, 4.69) is 21.0 Å². The third-order valence-electron chi connectivity index (χ3n) is 2.80. The van der Waals surface area contributed by atoms with Gasteiger partial charge >= 0.3 is 0 Å². The molecular weight excluding hydrogens is 212 g/mol. The lowest BCUT2D eigenvalue weighted by molar-refractivity contribution is 1.10. The van der Waals surface area contributed by atoms with Crippen molar-refractivity contribution in [3.63, 3.8) is 0 Å². The molecule has 0 amide bonds. The molecule has 17 heavy (non-hydrogen) atoms. The zero-order valence-electron chi connectivity index (χ0n) is 9.51. The van der Waals surface area contributed by atoms with E-state index in [4.69, 9.17) is 5.73 Å². The summed E-state index contributed by atoms with van der Waals surface area (Å²) in [5.74, 6) is 0.446. The van der Waals surface area contributed by atoms with Crippen molar-refractivity contribution in [1.82, 2.24) is 9.97 Å². The Morgan fingerprint density at radius 1 is 1.24 bits per heavy atom. The number of nitrogens with two attached hydrogens (primary N) is 1. The van der Waals surface area contributed by atoms with Crippen LogP contribution in [0.25, 0.3) is 0 Å². The van der Waals surface area contributed by atoms with Crippen LogP contribution in [-0.4, -0.2) is 15.7 Å². The van der Waals surface area contributed by atoms with Crippen LogP contribution in [-0.2, 0) is 6.42 Å². The van der Waals surface area contributed by atoms with Crippen molar-refractivity contribution in [2.24, 2.45) is 4.99 Å². The molecule has 0 unspecified atom stereocenters. The summed E-state index contributed by atoms with van der Waals surface area (Å²) in [5.41, 5.74) is 10.5. The maximum absolute atomic E-state index is 5.85. The Morgan fingerprint density at radius 2 is 2.06 bits per heavy atom. The van der Waals surface area contributed by atoms with Gasteiger partial charge in [-0.1, -0.05) is 18.2 Å². The SMILES string of the molecule is Cc1cnc(N)c(C2=Nc3ccccc3C2)n1. The second kappa shape index (κ2) is 3.66. The number of aliphatic imine (C=N–C) groups is 1. The molecule has 4 heteroatoms. The number of nitrogens with zero attached hydrogens (tertiary/aromatic N) is 3. The molecule has 4 nitrogen and oxygen atoms in total. The van der Waals surface area contributed by atoms with Crippen molar-refractivity contribution in [2.45, 2.75) is 13.3 Å². The quantitative estimate of drug-likeness (QED) is 0.806. The maximum Gasteiger partial charge on any atom is 0.151 e. The minimum Gasteiger partial charge on any atom is -0.382 e. The highest BCUT2D eigenvalue weighted by molar-refractivity contribution is 6.07. The number of hydrogen-bond donors (Lipinski definition) is 1. The summed E-state index contributed by atoms with van der Waals surface area (Å²) in [7, 11) is 0. The molecule has 0 fully saturated rings. The second-order valence-corrected chi connectivity index (χ2v) is 4.11. The number of nitrogen functional groups attached to an aromatic ring is 1. The van der Waals surface area contributed by atoms with Gasteiger partial charge in [0.25, 0.3) is 0 Å². The third-order valence-corrected chi connectivity index (χ3v) is 2.80. The third kappa shape index (κ3) is 1.67. The van der Waals surface area contributed by atoms with Crippen LogP contribution < -0.4 is 5.73 Å². The summed E-state index contributed by atoms with van der Waals surface area (Å²) in [5, 5.41) is 0. The van der Waals surface area contributed by atoms with Gasteiger partial charge in [-0.2, -0.15) is 0 Å². The van der Waals surface area contributed by atoms with Gasteiger partial charge in [0.1, 0.15) is 5.69 Å². The van der Waals surface area contributed by atoms with E-state index in [-0.39, 0.29) is 0 Å². The average molecular weight is 224 g/mol. The molecule has 0 aliphatic carbocycles. The van der Waals surface area contributed by atoms with E-state index in [1.807, 2.05) is 25.1 Å². The van der Waals surface area contributed by atoms with Gasteiger partial charge in [-0.3, -0.25) is 4.99 Å². The molecule has 2 heterocycles. The van der Waals surface area contributed by atoms with Gasteiger partial charge in [0, 0.05) is 6.42 Å². The highest BCUT2D eigenvalue weighted by Crippen LogP contribution is 2.28. The molecular formula is C13H12N4. The Morgan fingerprint density at radius 3 is 2.88 bits per heavy atom. The molecule has 0 bridgehead atoms. The average Bonchev–Trinajstić information content (AvgIpc) is 2.75. The van der Waals surface area contributed by atoms with Crippen molar-refractivity contribution >= 4 is 17.2 Å². The lowest BCUT2D eigenvalue weighted by Gasteiger charge is -2.03. The minimum absolute atomic E-state index is 0.446. The molecule has 1 aliphatic rings. The normalized spacial score (nSPS) is 13.4. The van der Waals surface area contributed by atoms with Crippen molar-refractivity contribution < 1.29 is 0 Å². The van der Waals surface area contributed by atoms with Gasteiger partial charge in [-0.05, 0) is 18.6 Å². The van der Waals surface area contributed by atoms with E-state index < -0.39 is 0 Å². The number of aromatic nitrogens is 2. The Hall–Kier alpha value is -2.23. The van der Waals surface area contributed by atoms with Crippen LogP contribution in [0.2, 0.25) is 0 Å². The van der Waals surface area contributed by atoms with E-state index in [9.17, 15) is 0 Å². The Bertz CT molecular complexity index is 617. The molecule has 1 aromatic heterocycles. The van der Waals surface area contributed by atoms with Crippen LogP contribution in [0.3, 0.4) is 0 Å². The van der Waals surface area contributed by atoms with Gasteiger partial charge in [-0.15, -0.1) is 0 Å². The zero-order chi connectivity index (χ0) is 11.8. The maximum atomic E-state index is 5.85. The van der Waals surface area contributed by atoms with Crippen molar-refractivity contribution in [1.29, 1.82) is 0 Å². The Labute approximate surface area is 99.3 Å². The van der Waals surface area contributed by atoms with Crippen LogP contribution in [0.5, 0.6) is 0 Å². The van der Waals surface area contributed by atoms with Crippen molar-refractivity contribution in [3.05, 3.63) is 47.4 Å².